The highest BCUT2D eigenvalue weighted by atomic mass is 14.9. The molecule has 2 atom stereocenters. The lowest BCUT2D eigenvalue weighted by atomic mass is 9.80. The molecule has 0 aromatic rings. The molecule has 0 rings (SSSR count). The molecular formula is C16H35N. The summed E-state index contributed by atoms with van der Waals surface area (Å²) in [7, 11) is 0. The molecular weight excluding hydrogens is 206 g/mol. The van der Waals surface area contributed by atoms with Crippen molar-refractivity contribution in [2.24, 2.45) is 17.3 Å². The van der Waals surface area contributed by atoms with E-state index < -0.39 is 0 Å². The fourth-order valence-corrected chi connectivity index (χ4v) is 3.12. The Labute approximate surface area is 110 Å². The Balaban J connectivity index is 4.32. The predicted molar refractivity (Wildman–Crippen MR) is 79.4 cm³/mol. The smallest absolute Gasteiger partial charge is 0.00975 e. The topological polar surface area (TPSA) is 12.0 Å². The van der Waals surface area contributed by atoms with Crippen molar-refractivity contribution >= 4 is 0 Å². The first-order chi connectivity index (χ1) is 7.84. The van der Waals surface area contributed by atoms with Crippen LogP contribution in [-0.4, -0.2) is 12.6 Å². The summed E-state index contributed by atoms with van der Waals surface area (Å²) < 4.78 is 0. The van der Waals surface area contributed by atoms with Crippen molar-refractivity contribution in [3.63, 3.8) is 0 Å². The van der Waals surface area contributed by atoms with Gasteiger partial charge in [-0.2, -0.15) is 0 Å². The SMILES string of the molecule is CCNC(CC(C)CC(C)(C)C)C(CC)CC. The van der Waals surface area contributed by atoms with Crippen molar-refractivity contribution in [3.8, 4) is 0 Å². The first-order valence-corrected chi connectivity index (χ1v) is 7.57. The Hall–Kier alpha value is -0.0400. The lowest BCUT2D eigenvalue weighted by Crippen LogP contribution is -2.37. The molecule has 1 N–H and O–H groups in total. The first kappa shape index (κ1) is 17.0. The maximum atomic E-state index is 3.70. The van der Waals surface area contributed by atoms with Crippen LogP contribution in [0.1, 0.15) is 74.1 Å². The maximum Gasteiger partial charge on any atom is 0.00975 e. The summed E-state index contributed by atoms with van der Waals surface area (Å²) in [6.07, 6.45) is 5.26. The van der Waals surface area contributed by atoms with Crippen LogP contribution in [0.4, 0.5) is 0 Å². The quantitative estimate of drug-likeness (QED) is 0.639. The molecule has 0 bridgehead atoms. The standard InChI is InChI=1S/C16H35N/c1-8-14(9-2)15(17-10-3)11-13(4)12-16(5,6)7/h13-15,17H,8-12H2,1-7H3. The molecule has 0 radical (unpaired) electrons. The van der Waals surface area contributed by atoms with Gasteiger partial charge in [0.1, 0.15) is 0 Å². The summed E-state index contributed by atoms with van der Waals surface area (Å²) in [6.45, 7) is 17.4. The number of rotatable bonds is 8. The van der Waals surface area contributed by atoms with Crippen LogP contribution in [0.2, 0.25) is 0 Å². The lowest BCUT2D eigenvalue weighted by Gasteiger charge is -2.31. The van der Waals surface area contributed by atoms with E-state index in [4.69, 9.17) is 0 Å². The summed E-state index contributed by atoms with van der Waals surface area (Å²) in [4.78, 5) is 0. The molecule has 0 spiro atoms. The van der Waals surface area contributed by atoms with E-state index in [1.165, 1.54) is 25.7 Å². The van der Waals surface area contributed by atoms with Gasteiger partial charge in [-0.05, 0) is 36.6 Å². The Morgan fingerprint density at radius 3 is 1.88 bits per heavy atom. The van der Waals surface area contributed by atoms with E-state index in [0.717, 1.165) is 18.4 Å². The van der Waals surface area contributed by atoms with E-state index >= 15 is 0 Å². The molecule has 1 heteroatoms. The number of hydrogen-bond donors (Lipinski definition) is 1. The third-order valence-electron chi connectivity index (χ3n) is 3.70. The minimum Gasteiger partial charge on any atom is -0.314 e. The molecule has 2 unspecified atom stereocenters. The Morgan fingerprint density at radius 2 is 1.53 bits per heavy atom. The highest BCUT2D eigenvalue weighted by Gasteiger charge is 2.22. The van der Waals surface area contributed by atoms with E-state index in [9.17, 15) is 0 Å². The molecule has 1 nitrogen and oxygen atoms in total. The summed E-state index contributed by atoms with van der Waals surface area (Å²) in [5.74, 6) is 1.66. The van der Waals surface area contributed by atoms with Gasteiger partial charge in [0.15, 0.2) is 0 Å². The van der Waals surface area contributed by atoms with Crippen LogP contribution in [0.25, 0.3) is 0 Å². The van der Waals surface area contributed by atoms with Crippen molar-refractivity contribution in [1.29, 1.82) is 0 Å². The van der Waals surface area contributed by atoms with E-state index in [1.54, 1.807) is 0 Å². The van der Waals surface area contributed by atoms with Gasteiger partial charge in [-0.25, -0.2) is 0 Å². The first-order valence-electron chi connectivity index (χ1n) is 7.57. The normalized spacial score (nSPS) is 16.2. The molecule has 0 aromatic carbocycles. The van der Waals surface area contributed by atoms with E-state index in [2.05, 4.69) is 53.8 Å². The Kier molecular flexibility index (Phi) is 8.11. The van der Waals surface area contributed by atoms with Crippen molar-refractivity contribution < 1.29 is 0 Å². The van der Waals surface area contributed by atoms with Crippen LogP contribution in [0.5, 0.6) is 0 Å². The second kappa shape index (κ2) is 8.13. The molecule has 0 aromatic heterocycles. The van der Waals surface area contributed by atoms with E-state index in [1.807, 2.05) is 0 Å². The zero-order chi connectivity index (χ0) is 13.5. The summed E-state index contributed by atoms with van der Waals surface area (Å²) >= 11 is 0. The summed E-state index contributed by atoms with van der Waals surface area (Å²) in [6, 6.07) is 0.715. The van der Waals surface area contributed by atoms with Gasteiger partial charge in [0.2, 0.25) is 0 Å². The predicted octanol–water partition coefficient (Wildman–Crippen LogP) is 4.86. The van der Waals surface area contributed by atoms with E-state index in [0.29, 0.717) is 11.5 Å². The van der Waals surface area contributed by atoms with Gasteiger partial charge < -0.3 is 5.32 Å². The number of hydrogen-bond acceptors (Lipinski definition) is 1. The highest BCUT2D eigenvalue weighted by Crippen LogP contribution is 2.29. The molecule has 0 amide bonds. The fourth-order valence-electron chi connectivity index (χ4n) is 3.12. The zero-order valence-electron chi connectivity index (χ0n) is 13.3. The van der Waals surface area contributed by atoms with Gasteiger partial charge in [0.25, 0.3) is 0 Å². The molecule has 17 heavy (non-hydrogen) atoms. The van der Waals surface area contributed by atoms with Crippen LogP contribution >= 0.6 is 0 Å². The Bertz CT molecular complexity index is 176. The van der Waals surface area contributed by atoms with E-state index in [-0.39, 0.29) is 0 Å². The van der Waals surface area contributed by atoms with Crippen LogP contribution in [0.15, 0.2) is 0 Å². The zero-order valence-corrected chi connectivity index (χ0v) is 13.3. The summed E-state index contributed by atoms with van der Waals surface area (Å²) in [5, 5.41) is 3.70. The van der Waals surface area contributed by atoms with Gasteiger partial charge in [0.05, 0.1) is 0 Å². The molecule has 0 heterocycles. The third kappa shape index (κ3) is 7.81. The van der Waals surface area contributed by atoms with Crippen LogP contribution in [0, 0.1) is 17.3 Å². The molecule has 0 saturated carbocycles. The molecule has 0 saturated heterocycles. The average Bonchev–Trinajstić information content (AvgIpc) is 2.16. The van der Waals surface area contributed by atoms with Crippen molar-refractivity contribution in [2.75, 3.05) is 6.54 Å². The molecule has 0 aliphatic rings. The Morgan fingerprint density at radius 1 is 1.00 bits per heavy atom. The molecule has 104 valence electrons. The van der Waals surface area contributed by atoms with Crippen LogP contribution in [-0.2, 0) is 0 Å². The maximum absolute atomic E-state index is 3.70. The highest BCUT2D eigenvalue weighted by molar-refractivity contribution is 4.78. The minimum atomic E-state index is 0.462. The van der Waals surface area contributed by atoms with Gasteiger partial charge >= 0.3 is 0 Å². The minimum absolute atomic E-state index is 0.462. The largest absolute Gasteiger partial charge is 0.314 e. The van der Waals surface area contributed by atoms with Crippen LogP contribution in [0.3, 0.4) is 0 Å². The van der Waals surface area contributed by atoms with Gasteiger partial charge in [-0.15, -0.1) is 0 Å². The fraction of sp³-hybridized carbons (Fsp3) is 1.00. The third-order valence-corrected chi connectivity index (χ3v) is 3.70. The molecule has 0 aliphatic carbocycles. The second-order valence-electron chi connectivity index (χ2n) is 6.85. The van der Waals surface area contributed by atoms with Crippen molar-refractivity contribution in [3.05, 3.63) is 0 Å². The van der Waals surface area contributed by atoms with Crippen molar-refractivity contribution in [2.45, 2.75) is 80.2 Å². The monoisotopic (exact) mass is 241 g/mol. The van der Waals surface area contributed by atoms with Crippen molar-refractivity contribution in [1.82, 2.24) is 5.32 Å². The lowest BCUT2D eigenvalue weighted by molar-refractivity contribution is 0.238. The van der Waals surface area contributed by atoms with Gasteiger partial charge in [0, 0.05) is 6.04 Å². The van der Waals surface area contributed by atoms with Gasteiger partial charge in [-0.1, -0.05) is 61.3 Å². The second-order valence-corrected chi connectivity index (χ2v) is 6.85. The summed E-state index contributed by atoms with van der Waals surface area (Å²) in [5.41, 5.74) is 0.462. The molecule has 0 fully saturated rings. The number of nitrogens with one attached hydrogen (secondary N) is 1. The van der Waals surface area contributed by atoms with Crippen LogP contribution < -0.4 is 5.32 Å². The average molecular weight is 241 g/mol. The van der Waals surface area contributed by atoms with Gasteiger partial charge in [-0.3, -0.25) is 0 Å². The molecule has 0 aliphatic heterocycles.